The molecule has 1 aromatic heterocycles. The van der Waals surface area contributed by atoms with Crippen LogP contribution in [-0.2, 0) is 25.6 Å². The third-order valence-electron chi connectivity index (χ3n) is 4.39. The van der Waals surface area contributed by atoms with E-state index in [1.165, 1.54) is 0 Å². The molecule has 0 atom stereocenters. The molecule has 2 rings (SSSR count). The molecule has 0 aliphatic carbocycles. The van der Waals surface area contributed by atoms with E-state index in [0.29, 0.717) is 16.9 Å². The highest BCUT2D eigenvalue weighted by atomic mass is 16.5. The molecule has 7 heteroatoms. The van der Waals surface area contributed by atoms with Gasteiger partial charge in [-0.25, -0.2) is 4.79 Å². The zero-order chi connectivity index (χ0) is 20.8. The maximum absolute atomic E-state index is 12.2. The average Bonchev–Trinajstić information content (AvgIpc) is 2.91. The third kappa shape index (κ3) is 5.22. The van der Waals surface area contributed by atoms with Crippen molar-refractivity contribution in [3.63, 3.8) is 0 Å². The second-order valence-corrected chi connectivity index (χ2v) is 6.62. The van der Waals surface area contributed by atoms with Crippen LogP contribution in [0.3, 0.4) is 0 Å². The van der Waals surface area contributed by atoms with E-state index in [1.807, 2.05) is 32.0 Å². The zero-order valence-corrected chi connectivity index (χ0v) is 16.9. The first kappa shape index (κ1) is 21.2. The van der Waals surface area contributed by atoms with Gasteiger partial charge in [0, 0.05) is 17.1 Å². The summed E-state index contributed by atoms with van der Waals surface area (Å²) < 4.78 is 11.8. The van der Waals surface area contributed by atoms with Crippen LogP contribution in [0, 0.1) is 27.7 Å². The maximum atomic E-state index is 12.2. The predicted octanol–water partition coefficient (Wildman–Crippen LogP) is 3.08. The quantitative estimate of drug-likeness (QED) is 0.739. The van der Waals surface area contributed by atoms with Crippen LogP contribution >= 0.6 is 0 Å². The number of hydrogen-bond acceptors (Lipinski definition) is 5. The van der Waals surface area contributed by atoms with Gasteiger partial charge in [-0.1, -0.05) is 12.1 Å². The van der Waals surface area contributed by atoms with Crippen molar-refractivity contribution in [2.75, 3.05) is 18.5 Å². The Morgan fingerprint density at radius 2 is 1.75 bits per heavy atom. The number of carbonyl (C=O) groups excluding carboxylic acids is 3. The van der Waals surface area contributed by atoms with Crippen LogP contribution in [0.2, 0.25) is 0 Å². The molecule has 28 heavy (non-hydrogen) atoms. The SMILES string of the molecule is CCOC(=O)c1cc(C)n(CC(=O)OCC(=O)Nc2cc(C)ccc2C)c1C. The maximum Gasteiger partial charge on any atom is 0.339 e. The Balaban J connectivity index is 1.95. The molecular weight excluding hydrogens is 360 g/mol. The van der Waals surface area contributed by atoms with Gasteiger partial charge >= 0.3 is 11.9 Å². The summed E-state index contributed by atoms with van der Waals surface area (Å²) in [5, 5.41) is 2.74. The summed E-state index contributed by atoms with van der Waals surface area (Å²) >= 11 is 0. The molecule has 1 aromatic carbocycles. The van der Waals surface area contributed by atoms with Crippen molar-refractivity contribution in [2.45, 2.75) is 41.2 Å². The minimum atomic E-state index is -0.562. The summed E-state index contributed by atoms with van der Waals surface area (Å²) in [5.74, 6) is -1.40. The van der Waals surface area contributed by atoms with E-state index in [0.717, 1.165) is 16.8 Å². The standard InChI is InChI=1S/C21H26N2O5/c1-6-27-21(26)17-10-15(4)23(16(17)5)11-20(25)28-12-19(24)22-18-9-13(2)7-8-14(18)3/h7-10H,6,11-12H2,1-5H3,(H,22,24). The van der Waals surface area contributed by atoms with E-state index in [4.69, 9.17) is 9.47 Å². The molecule has 1 N–H and O–H groups in total. The van der Waals surface area contributed by atoms with Crippen LogP contribution in [0.15, 0.2) is 24.3 Å². The summed E-state index contributed by atoms with van der Waals surface area (Å²) in [4.78, 5) is 36.2. The number of benzene rings is 1. The minimum Gasteiger partial charge on any atom is -0.462 e. The molecule has 0 aliphatic heterocycles. The predicted molar refractivity (Wildman–Crippen MR) is 105 cm³/mol. The van der Waals surface area contributed by atoms with Gasteiger partial charge in [0.05, 0.1) is 12.2 Å². The molecule has 1 heterocycles. The van der Waals surface area contributed by atoms with Gasteiger partial charge in [0.1, 0.15) is 6.54 Å². The van der Waals surface area contributed by atoms with Gasteiger partial charge in [0.2, 0.25) is 0 Å². The summed E-state index contributed by atoms with van der Waals surface area (Å²) in [7, 11) is 0. The molecule has 1 amide bonds. The molecule has 0 unspecified atom stereocenters. The van der Waals surface area contributed by atoms with Gasteiger partial charge in [0.15, 0.2) is 6.61 Å². The number of rotatable bonds is 7. The lowest BCUT2D eigenvalue weighted by Crippen LogP contribution is -2.24. The Bertz CT molecular complexity index is 898. The van der Waals surface area contributed by atoms with Gasteiger partial charge in [-0.3, -0.25) is 9.59 Å². The molecule has 0 aliphatic rings. The first-order valence-corrected chi connectivity index (χ1v) is 9.09. The highest BCUT2D eigenvalue weighted by Gasteiger charge is 2.19. The zero-order valence-electron chi connectivity index (χ0n) is 16.9. The van der Waals surface area contributed by atoms with E-state index in [9.17, 15) is 14.4 Å². The highest BCUT2D eigenvalue weighted by Crippen LogP contribution is 2.17. The van der Waals surface area contributed by atoms with Crippen molar-refractivity contribution >= 4 is 23.5 Å². The summed E-state index contributed by atoms with van der Waals surface area (Å²) in [6, 6.07) is 7.40. The highest BCUT2D eigenvalue weighted by molar-refractivity contribution is 5.93. The fourth-order valence-electron chi connectivity index (χ4n) is 2.84. The first-order valence-electron chi connectivity index (χ1n) is 9.09. The van der Waals surface area contributed by atoms with Crippen molar-refractivity contribution in [1.29, 1.82) is 0 Å². The van der Waals surface area contributed by atoms with Crippen LogP contribution in [-0.4, -0.2) is 35.6 Å². The van der Waals surface area contributed by atoms with Crippen LogP contribution < -0.4 is 5.32 Å². The molecule has 2 aromatic rings. The Labute approximate surface area is 164 Å². The number of hydrogen-bond donors (Lipinski definition) is 1. The van der Waals surface area contributed by atoms with Gasteiger partial charge in [-0.05, 0) is 57.9 Å². The summed E-state index contributed by atoms with van der Waals surface area (Å²) in [6.07, 6.45) is 0. The molecule has 0 spiro atoms. The second-order valence-electron chi connectivity index (χ2n) is 6.62. The topological polar surface area (TPSA) is 86.6 Å². The van der Waals surface area contributed by atoms with Crippen LogP contribution in [0.1, 0.15) is 39.8 Å². The van der Waals surface area contributed by atoms with Crippen molar-refractivity contribution in [2.24, 2.45) is 0 Å². The average molecular weight is 386 g/mol. The Morgan fingerprint density at radius 3 is 2.43 bits per heavy atom. The lowest BCUT2D eigenvalue weighted by atomic mass is 10.1. The van der Waals surface area contributed by atoms with Crippen molar-refractivity contribution in [1.82, 2.24) is 4.57 Å². The van der Waals surface area contributed by atoms with E-state index >= 15 is 0 Å². The van der Waals surface area contributed by atoms with Crippen molar-refractivity contribution < 1.29 is 23.9 Å². The lowest BCUT2D eigenvalue weighted by Gasteiger charge is -2.11. The normalized spacial score (nSPS) is 10.5. The van der Waals surface area contributed by atoms with Gasteiger partial charge < -0.3 is 19.4 Å². The number of ether oxygens (including phenoxy) is 2. The molecule has 0 bridgehead atoms. The fourth-order valence-corrected chi connectivity index (χ4v) is 2.84. The van der Waals surface area contributed by atoms with Gasteiger partial charge in [0.25, 0.3) is 5.91 Å². The third-order valence-corrected chi connectivity index (χ3v) is 4.39. The number of nitrogens with one attached hydrogen (secondary N) is 1. The Morgan fingerprint density at radius 1 is 1.04 bits per heavy atom. The summed E-state index contributed by atoms with van der Waals surface area (Å²) in [6.45, 7) is 8.89. The smallest absolute Gasteiger partial charge is 0.339 e. The Kier molecular flexibility index (Phi) is 6.98. The van der Waals surface area contributed by atoms with Gasteiger partial charge in [-0.15, -0.1) is 0 Å². The van der Waals surface area contributed by atoms with Crippen LogP contribution in [0.25, 0.3) is 0 Å². The monoisotopic (exact) mass is 386 g/mol. The molecular formula is C21H26N2O5. The molecule has 0 saturated heterocycles. The number of aryl methyl sites for hydroxylation is 3. The number of amides is 1. The van der Waals surface area contributed by atoms with Crippen LogP contribution in [0.4, 0.5) is 5.69 Å². The van der Waals surface area contributed by atoms with Crippen molar-refractivity contribution in [3.8, 4) is 0 Å². The molecule has 7 nitrogen and oxygen atoms in total. The molecule has 150 valence electrons. The van der Waals surface area contributed by atoms with E-state index in [-0.39, 0.29) is 19.8 Å². The Hall–Kier alpha value is -3.09. The largest absolute Gasteiger partial charge is 0.462 e. The second kappa shape index (κ2) is 9.21. The van der Waals surface area contributed by atoms with E-state index < -0.39 is 17.8 Å². The number of nitrogens with zero attached hydrogens (tertiary/aromatic N) is 1. The van der Waals surface area contributed by atoms with Crippen molar-refractivity contribution in [3.05, 3.63) is 52.3 Å². The first-order chi connectivity index (χ1) is 13.2. The number of esters is 2. The van der Waals surface area contributed by atoms with Crippen LogP contribution in [0.5, 0.6) is 0 Å². The van der Waals surface area contributed by atoms with Gasteiger partial charge in [-0.2, -0.15) is 0 Å². The number of aromatic nitrogens is 1. The van der Waals surface area contributed by atoms with E-state index in [2.05, 4.69) is 5.32 Å². The summed E-state index contributed by atoms with van der Waals surface area (Å²) in [5.41, 5.74) is 4.41. The number of anilines is 1. The fraction of sp³-hybridized carbons (Fsp3) is 0.381. The minimum absolute atomic E-state index is 0.0895. The molecule has 0 fully saturated rings. The number of carbonyl (C=O) groups is 3. The molecule has 0 radical (unpaired) electrons. The molecule has 0 saturated carbocycles. The van der Waals surface area contributed by atoms with E-state index in [1.54, 1.807) is 31.4 Å². The lowest BCUT2D eigenvalue weighted by molar-refractivity contribution is -0.147.